The van der Waals surface area contributed by atoms with Gasteiger partial charge in [0.05, 0.1) is 10.6 Å². The first-order valence-electron chi connectivity index (χ1n) is 6.93. The molecule has 0 aliphatic rings. The van der Waals surface area contributed by atoms with Crippen molar-refractivity contribution in [2.24, 2.45) is 7.05 Å². The van der Waals surface area contributed by atoms with E-state index in [9.17, 15) is 9.59 Å². The lowest BCUT2D eigenvalue weighted by atomic mass is 10.2. The minimum Gasteiger partial charge on any atom is -0.358 e. The molecule has 120 valence electrons. The summed E-state index contributed by atoms with van der Waals surface area (Å²) in [5, 5.41) is 7.46. The largest absolute Gasteiger partial charge is 0.358 e. The predicted octanol–water partition coefficient (Wildman–Crippen LogP) is 2.95. The number of fused-ring (bicyclic) bond motifs is 1. The Morgan fingerprint density at radius 1 is 1.43 bits per heavy atom. The van der Waals surface area contributed by atoms with Crippen molar-refractivity contribution in [2.45, 2.75) is 17.3 Å². The molecule has 0 fully saturated rings. The molecule has 0 aliphatic heterocycles. The van der Waals surface area contributed by atoms with Gasteiger partial charge in [-0.25, -0.2) is 4.98 Å². The number of amides is 1. The zero-order valence-electron chi connectivity index (χ0n) is 12.8. The van der Waals surface area contributed by atoms with Crippen molar-refractivity contribution in [3.8, 4) is 10.4 Å². The molecule has 5 nitrogen and oxygen atoms in total. The van der Waals surface area contributed by atoms with Crippen molar-refractivity contribution in [3.05, 3.63) is 33.2 Å². The molecule has 3 heterocycles. The molecular formula is C15H15N3O2S3. The number of rotatable bonds is 4. The number of hydrogen-bond donors (Lipinski definition) is 1. The fourth-order valence-electron chi connectivity index (χ4n) is 2.19. The molecule has 1 atom stereocenters. The first kappa shape index (κ1) is 16.2. The Morgan fingerprint density at radius 2 is 2.22 bits per heavy atom. The van der Waals surface area contributed by atoms with Gasteiger partial charge in [0, 0.05) is 29.9 Å². The highest BCUT2D eigenvalue weighted by Crippen LogP contribution is 2.34. The van der Waals surface area contributed by atoms with Gasteiger partial charge in [-0.05, 0) is 18.4 Å². The zero-order chi connectivity index (χ0) is 16.6. The van der Waals surface area contributed by atoms with E-state index in [1.165, 1.54) is 27.7 Å². The summed E-state index contributed by atoms with van der Waals surface area (Å²) in [5.74, 6) is -0.0881. The maximum absolute atomic E-state index is 12.8. The van der Waals surface area contributed by atoms with Crippen molar-refractivity contribution in [1.82, 2.24) is 14.9 Å². The van der Waals surface area contributed by atoms with Gasteiger partial charge in [-0.15, -0.1) is 22.7 Å². The minimum absolute atomic E-state index is 0.0775. The van der Waals surface area contributed by atoms with Gasteiger partial charge in [0.15, 0.2) is 5.16 Å². The van der Waals surface area contributed by atoms with Crippen LogP contribution in [0.15, 0.2) is 32.8 Å². The Kier molecular flexibility index (Phi) is 4.56. The molecule has 3 aromatic heterocycles. The summed E-state index contributed by atoms with van der Waals surface area (Å²) in [6.07, 6.45) is 0. The highest BCUT2D eigenvalue weighted by Gasteiger charge is 2.19. The second-order valence-electron chi connectivity index (χ2n) is 4.94. The molecule has 0 saturated heterocycles. The summed E-state index contributed by atoms with van der Waals surface area (Å²) in [4.78, 5) is 30.8. The standard InChI is InChI=1S/C15H15N3O2S3/c1-8(12(19)16-2)23-15-17-13-11(14(20)18(15)3)9(7-22-13)10-5-4-6-21-10/h4-8H,1-3H3,(H,16,19). The Balaban J connectivity index is 2.09. The normalized spacial score (nSPS) is 12.5. The van der Waals surface area contributed by atoms with Crippen LogP contribution in [0.25, 0.3) is 20.7 Å². The van der Waals surface area contributed by atoms with E-state index in [0.717, 1.165) is 10.4 Å². The van der Waals surface area contributed by atoms with E-state index in [1.807, 2.05) is 22.9 Å². The molecule has 0 aliphatic carbocycles. The number of hydrogen-bond acceptors (Lipinski definition) is 6. The summed E-state index contributed by atoms with van der Waals surface area (Å²) in [5.41, 5.74) is 0.857. The van der Waals surface area contributed by atoms with Crippen molar-refractivity contribution in [1.29, 1.82) is 0 Å². The summed E-state index contributed by atoms with van der Waals surface area (Å²) in [6, 6.07) is 3.97. The van der Waals surface area contributed by atoms with E-state index in [2.05, 4.69) is 10.3 Å². The van der Waals surface area contributed by atoms with Gasteiger partial charge in [-0.3, -0.25) is 14.2 Å². The Hall–Kier alpha value is -1.64. The predicted molar refractivity (Wildman–Crippen MR) is 97.6 cm³/mol. The van der Waals surface area contributed by atoms with Gasteiger partial charge in [-0.1, -0.05) is 17.8 Å². The summed E-state index contributed by atoms with van der Waals surface area (Å²) >= 11 is 4.35. The molecule has 8 heteroatoms. The van der Waals surface area contributed by atoms with Crippen LogP contribution in [0.1, 0.15) is 6.92 Å². The summed E-state index contributed by atoms with van der Waals surface area (Å²) in [7, 11) is 3.30. The van der Waals surface area contributed by atoms with Crippen LogP contribution in [0.5, 0.6) is 0 Å². The second kappa shape index (κ2) is 6.46. The lowest BCUT2D eigenvalue weighted by molar-refractivity contribution is -0.119. The number of carbonyl (C=O) groups excluding carboxylic acids is 1. The van der Waals surface area contributed by atoms with Crippen LogP contribution >= 0.6 is 34.4 Å². The lowest BCUT2D eigenvalue weighted by Gasteiger charge is -2.11. The molecule has 1 N–H and O–H groups in total. The SMILES string of the molecule is CNC(=O)C(C)Sc1nc2scc(-c3cccs3)c2c(=O)n1C. The molecule has 23 heavy (non-hydrogen) atoms. The van der Waals surface area contributed by atoms with Gasteiger partial charge < -0.3 is 5.32 Å². The van der Waals surface area contributed by atoms with E-state index >= 15 is 0 Å². The monoisotopic (exact) mass is 365 g/mol. The number of thioether (sulfide) groups is 1. The van der Waals surface area contributed by atoms with Gasteiger partial charge >= 0.3 is 0 Å². The first-order chi connectivity index (χ1) is 11.0. The van der Waals surface area contributed by atoms with E-state index in [-0.39, 0.29) is 16.7 Å². The van der Waals surface area contributed by atoms with Gasteiger partial charge in [0.2, 0.25) is 5.91 Å². The molecule has 0 spiro atoms. The van der Waals surface area contributed by atoms with Crippen molar-refractivity contribution in [3.63, 3.8) is 0 Å². The number of thiophene rings is 2. The average Bonchev–Trinajstić information content (AvgIpc) is 3.20. The first-order valence-corrected chi connectivity index (χ1v) is 9.57. The third kappa shape index (κ3) is 2.93. The van der Waals surface area contributed by atoms with Crippen LogP contribution in [0.3, 0.4) is 0 Å². The van der Waals surface area contributed by atoms with Crippen LogP contribution < -0.4 is 10.9 Å². The number of aromatic nitrogens is 2. The van der Waals surface area contributed by atoms with E-state index in [4.69, 9.17) is 0 Å². The molecule has 1 amide bonds. The number of nitrogens with zero attached hydrogens (tertiary/aromatic N) is 2. The van der Waals surface area contributed by atoms with Crippen LogP contribution in [0.4, 0.5) is 0 Å². The smallest absolute Gasteiger partial charge is 0.263 e. The van der Waals surface area contributed by atoms with Crippen molar-refractivity contribution >= 4 is 50.6 Å². The van der Waals surface area contributed by atoms with Gasteiger partial charge in [0.25, 0.3) is 5.56 Å². The van der Waals surface area contributed by atoms with Crippen LogP contribution in [-0.4, -0.2) is 27.8 Å². The van der Waals surface area contributed by atoms with Crippen molar-refractivity contribution in [2.75, 3.05) is 7.05 Å². The Bertz CT molecular complexity index is 912. The van der Waals surface area contributed by atoms with Crippen LogP contribution in [0, 0.1) is 0 Å². The fraction of sp³-hybridized carbons (Fsp3) is 0.267. The quantitative estimate of drug-likeness (QED) is 0.570. The molecule has 3 rings (SSSR count). The second-order valence-corrected chi connectivity index (χ2v) is 8.05. The van der Waals surface area contributed by atoms with Gasteiger partial charge in [0.1, 0.15) is 4.83 Å². The molecule has 1 unspecified atom stereocenters. The molecule has 0 saturated carbocycles. The summed E-state index contributed by atoms with van der Waals surface area (Å²) in [6.45, 7) is 1.80. The average molecular weight is 366 g/mol. The Labute approximate surface area is 145 Å². The van der Waals surface area contributed by atoms with Crippen LogP contribution in [-0.2, 0) is 11.8 Å². The van der Waals surface area contributed by atoms with E-state index in [0.29, 0.717) is 15.4 Å². The molecule has 0 bridgehead atoms. The summed E-state index contributed by atoms with van der Waals surface area (Å²) < 4.78 is 1.52. The third-order valence-corrected chi connectivity index (χ3v) is 6.38. The third-order valence-electron chi connectivity index (χ3n) is 3.46. The topological polar surface area (TPSA) is 64.0 Å². The minimum atomic E-state index is -0.313. The Morgan fingerprint density at radius 3 is 2.87 bits per heavy atom. The van der Waals surface area contributed by atoms with E-state index in [1.54, 1.807) is 32.4 Å². The molecule has 3 aromatic rings. The number of nitrogens with one attached hydrogen (secondary N) is 1. The maximum atomic E-state index is 12.8. The fourth-order valence-corrected chi connectivity index (χ4v) is 4.92. The van der Waals surface area contributed by atoms with Crippen molar-refractivity contribution < 1.29 is 4.79 Å². The maximum Gasteiger partial charge on any atom is 0.263 e. The van der Waals surface area contributed by atoms with E-state index < -0.39 is 0 Å². The zero-order valence-corrected chi connectivity index (χ0v) is 15.3. The van der Waals surface area contributed by atoms with Crippen LogP contribution in [0.2, 0.25) is 0 Å². The highest BCUT2D eigenvalue weighted by atomic mass is 32.2. The molecule has 0 aromatic carbocycles. The van der Waals surface area contributed by atoms with Gasteiger partial charge in [-0.2, -0.15) is 0 Å². The highest BCUT2D eigenvalue weighted by molar-refractivity contribution is 8.00. The lowest BCUT2D eigenvalue weighted by Crippen LogP contribution is -2.28. The molecule has 0 radical (unpaired) electrons. The molecular weight excluding hydrogens is 350 g/mol. The number of carbonyl (C=O) groups is 1.